The normalized spacial score (nSPS) is 11.6. The highest BCUT2D eigenvalue weighted by atomic mass is 16.5. The zero-order valence-electron chi connectivity index (χ0n) is 18.8. The van der Waals surface area contributed by atoms with Gasteiger partial charge in [0, 0.05) is 40.7 Å². The average molecular weight is 447 g/mol. The fourth-order valence-corrected chi connectivity index (χ4v) is 4.56. The third-order valence-electron chi connectivity index (χ3n) is 6.11. The number of phenols is 1. The van der Waals surface area contributed by atoms with Crippen molar-refractivity contribution in [3.05, 3.63) is 90.9 Å². The van der Waals surface area contributed by atoms with Crippen molar-refractivity contribution < 1.29 is 9.84 Å². The number of rotatable bonds is 4. The Morgan fingerprint density at radius 3 is 2.50 bits per heavy atom. The molecule has 0 atom stereocenters. The Labute approximate surface area is 196 Å². The molecule has 1 N–H and O–H groups in total. The van der Waals surface area contributed by atoms with E-state index in [0.717, 1.165) is 38.6 Å². The lowest BCUT2D eigenvalue weighted by Gasteiger charge is -2.12. The lowest BCUT2D eigenvalue weighted by molar-refractivity contribution is 0.460. The second kappa shape index (κ2) is 7.85. The van der Waals surface area contributed by atoms with Gasteiger partial charge in [0.2, 0.25) is 5.88 Å². The fourth-order valence-electron chi connectivity index (χ4n) is 4.56. The molecule has 3 heterocycles. The number of fused-ring (bicyclic) bond motifs is 4. The van der Waals surface area contributed by atoms with Gasteiger partial charge < -0.3 is 9.84 Å². The second-order valence-electron chi connectivity index (χ2n) is 8.57. The van der Waals surface area contributed by atoms with Gasteiger partial charge in [-0.25, -0.2) is 9.97 Å². The molecule has 3 aromatic heterocycles. The van der Waals surface area contributed by atoms with Crippen LogP contribution < -0.4 is 4.74 Å². The first-order valence-corrected chi connectivity index (χ1v) is 11.2. The Morgan fingerprint density at radius 1 is 0.853 bits per heavy atom. The van der Waals surface area contributed by atoms with Crippen LogP contribution in [0.5, 0.6) is 17.4 Å². The van der Waals surface area contributed by atoms with Crippen molar-refractivity contribution in [3.8, 4) is 23.2 Å². The molecular formula is C28H22N4O2. The molecule has 0 aliphatic carbocycles. The maximum Gasteiger partial charge on any atom is 0.219 e. The summed E-state index contributed by atoms with van der Waals surface area (Å²) in [6, 6.07) is 21.6. The molecule has 3 aromatic carbocycles. The monoisotopic (exact) mass is 446 g/mol. The molecule has 6 rings (SSSR count). The molecule has 6 aromatic rings. The van der Waals surface area contributed by atoms with Crippen molar-refractivity contribution in [3.63, 3.8) is 0 Å². The molecule has 0 spiro atoms. The van der Waals surface area contributed by atoms with Gasteiger partial charge in [-0.05, 0) is 41.8 Å². The maximum absolute atomic E-state index is 10.4. The summed E-state index contributed by atoms with van der Waals surface area (Å²) >= 11 is 0. The fraction of sp³-hybridized carbons (Fsp3) is 0.107. The Hall–Kier alpha value is -4.45. The van der Waals surface area contributed by atoms with Crippen LogP contribution in [-0.2, 0) is 0 Å². The lowest BCUT2D eigenvalue weighted by Crippen LogP contribution is -1.97. The van der Waals surface area contributed by atoms with E-state index in [1.54, 1.807) is 24.7 Å². The molecule has 0 aliphatic heterocycles. The van der Waals surface area contributed by atoms with E-state index in [4.69, 9.17) is 4.74 Å². The third-order valence-corrected chi connectivity index (χ3v) is 6.11. The van der Waals surface area contributed by atoms with E-state index < -0.39 is 0 Å². The highest BCUT2D eigenvalue weighted by molar-refractivity contribution is 6.09. The van der Waals surface area contributed by atoms with Gasteiger partial charge in [-0.15, -0.1) is 0 Å². The number of ether oxygens (including phenoxy) is 1. The smallest absolute Gasteiger partial charge is 0.219 e. The predicted octanol–water partition coefficient (Wildman–Crippen LogP) is 6.74. The van der Waals surface area contributed by atoms with Crippen molar-refractivity contribution >= 4 is 32.7 Å². The van der Waals surface area contributed by atoms with Crippen LogP contribution in [0.3, 0.4) is 0 Å². The highest BCUT2D eigenvalue weighted by Gasteiger charge is 2.15. The molecule has 34 heavy (non-hydrogen) atoms. The minimum atomic E-state index is 0.142. The number of pyridine rings is 1. The maximum atomic E-state index is 10.4. The average Bonchev–Trinajstić information content (AvgIpc) is 3.18. The second-order valence-corrected chi connectivity index (χ2v) is 8.57. The summed E-state index contributed by atoms with van der Waals surface area (Å²) in [5.41, 5.74) is 3.69. The van der Waals surface area contributed by atoms with Gasteiger partial charge >= 0.3 is 0 Å². The molecule has 0 fully saturated rings. The van der Waals surface area contributed by atoms with E-state index in [9.17, 15) is 5.11 Å². The number of aromatic hydroxyl groups is 1. The van der Waals surface area contributed by atoms with E-state index in [1.807, 2.05) is 42.5 Å². The SMILES string of the molecule is CC(C)c1ccc(O)c2nc(Oc3ccc4c5ccccc5n(-c5cnccn5)c4c3)ccc12. The summed E-state index contributed by atoms with van der Waals surface area (Å²) in [5.74, 6) is 2.27. The van der Waals surface area contributed by atoms with E-state index in [2.05, 4.69) is 51.6 Å². The molecular weight excluding hydrogens is 424 g/mol. The Morgan fingerprint density at radius 2 is 1.68 bits per heavy atom. The molecule has 6 nitrogen and oxygen atoms in total. The van der Waals surface area contributed by atoms with E-state index in [0.29, 0.717) is 23.1 Å². The molecule has 0 unspecified atom stereocenters. The first-order valence-electron chi connectivity index (χ1n) is 11.2. The molecule has 0 bridgehead atoms. The zero-order valence-corrected chi connectivity index (χ0v) is 18.8. The topological polar surface area (TPSA) is 73.1 Å². The summed E-state index contributed by atoms with van der Waals surface area (Å²) in [7, 11) is 0. The van der Waals surface area contributed by atoms with Crippen LogP contribution in [0, 0.1) is 0 Å². The molecule has 0 aliphatic rings. The summed E-state index contributed by atoms with van der Waals surface area (Å²) in [4.78, 5) is 13.4. The first-order chi connectivity index (χ1) is 16.6. The van der Waals surface area contributed by atoms with Crippen molar-refractivity contribution in [2.24, 2.45) is 0 Å². The third kappa shape index (κ3) is 3.23. The van der Waals surface area contributed by atoms with Gasteiger partial charge in [-0.2, -0.15) is 0 Å². The molecule has 6 heteroatoms. The molecule has 0 radical (unpaired) electrons. The van der Waals surface area contributed by atoms with Crippen LogP contribution in [0.1, 0.15) is 25.3 Å². The summed E-state index contributed by atoms with van der Waals surface area (Å²) in [5, 5.41) is 13.6. The molecule has 0 saturated carbocycles. The van der Waals surface area contributed by atoms with Crippen LogP contribution in [0.25, 0.3) is 38.5 Å². The van der Waals surface area contributed by atoms with Crippen molar-refractivity contribution in [1.29, 1.82) is 0 Å². The van der Waals surface area contributed by atoms with Gasteiger partial charge in [0.15, 0.2) is 5.82 Å². The van der Waals surface area contributed by atoms with Crippen LogP contribution in [0.2, 0.25) is 0 Å². The Balaban J connectivity index is 1.48. The molecule has 0 amide bonds. The molecule has 0 saturated heterocycles. The lowest BCUT2D eigenvalue weighted by atomic mass is 9.98. The number of hydrogen-bond acceptors (Lipinski definition) is 5. The number of aromatic nitrogens is 4. The van der Waals surface area contributed by atoms with Gasteiger partial charge in [0.1, 0.15) is 17.0 Å². The van der Waals surface area contributed by atoms with Crippen LogP contribution in [0.4, 0.5) is 0 Å². The first kappa shape index (κ1) is 20.2. The van der Waals surface area contributed by atoms with Gasteiger partial charge in [-0.1, -0.05) is 38.1 Å². The van der Waals surface area contributed by atoms with Crippen LogP contribution >= 0.6 is 0 Å². The number of para-hydroxylation sites is 1. The molecule has 166 valence electrons. The number of nitrogens with zero attached hydrogens (tertiary/aromatic N) is 4. The van der Waals surface area contributed by atoms with Crippen molar-refractivity contribution in [2.45, 2.75) is 19.8 Å². The van der Waals surface area contributed by atoms with E-state index >= 15 is 0 Å². The minimum Gasteiger partial charge on any atom is -0.506 e. The highest BCUT2D eigenvalue weighted by Crippen LogP contribution is 2.36. The Bertz CT molecular complexity index is 1670. The minimum absolute atomic E-state index is 0.142. The van der Waals surface area contributed by atoms with Crippen LogP contribution in [0.15, 0.2) is 85.3 Å². The summed E-state index contributed by atoms with van der Waals surface area (Å²) in [6.45, 7) is 4.25. The quantitative estimate of drug-likeness (QED) is 0.324. The summed E-state index contributed by atoms with van der Waals surface area (Å²) in [6.07, 6.45) is 5.10. The van der Waals surface area contributed by atoms with E-state index in [-0.39, 0.29) is 5.75 Å². The standard InChI is InChI=1S/C28H22N4O2/c1-17(2)19-9-11-25(33)28-22(19)10-12-27(31-28)34-18-7-8-21-20-5-3-4-6-23(20)32(24(21)15-18)26-16-29-13-14-30-26/h3-17,33H,1-2H3. The number of hydrogen-bond donors (Lipinski definition) is 1. The Kier molecular flexibility index (Phi) is 4.66. The largest absolute Gasteiger partial charge is 0.506 e. The van der Waals surface area contributed by atoms with Gasteiger partial charge in [0.05, 0.1) is 17.2 Å². The van der Waals surface area contributed by atoms with Gasteiger partial charge in [0.25, 0.3) is 0 Å². The number of benzene rings is 3. The predicted molar refractivity (Wildman–Crippen MR) is 134 cm³/mol. The summed E-state index contributed by atoms with van der Waals surface area (Å²) < 4.78 is 8.25. The van der Waals surface area contributed by atoms with Gasteiger partial charge in [-0.3, -0.25) is 9.55 Å². The number of phenolic OH excluding ortho intramolecular Hbond substituents is 1. The van der Waals surface area contributed by atoms with E-state index in [1.165, 1.54) is 0 Å². The van der Waals surface area contributed by atoms with Crippen molar-refractivity contribution in [1.82, 2.24) is 19.5 Å². The van der Waals surface area contributed by atoms with Crippen molar-refractivity contribution in [2.75, 3.05) is 0 Å². The van der Waals surface area contributed by atoms with Crippen LogP contribution in [-0.4, -0.2) is 24.6 Å². The zero-order chi connectivity index (χ0) is 23.2.